The summed E-state index contributed by atoms with van der Waals surface area (Å²) < 4.78 is 39.9. The molecule has 62 heavy (non-hydrogen) atoms. The summed E-state index contributed by atoms with van der Waals surface area (Å²) >= 11 is 0. The van der Waals surface area contributed by atoms with Crippen LogP contribution in [0.2, 0.25) is 0 Å². The molecule has 0 heterocycles. The van der Waals surface area contributed by atoms with E-state index in [2.05, 4.69) is 0 Å². The second-order valence-electron chi connectivity index (χ2n) is 14.2. The fraction of sp³-hybridized carbons (Fsp3) is 0. The molecule has 0 aliphatic heterocycles. The minimum absolute atomic E-state index is 0.278. The van der Waals surface area contributed by atoms with Crippen LogP contribution in [0.4, 0.5) is 0 Å². The summed E-state index contributed by atoms with van der Waals surface area (Å²) in [5.41, 5.74) is 0.571. The minimum Gasteiger partial charge on any atom is -0.408 e. The highest BCUT2D eigenvalue weighted by molar-refractivity contribution is 7.43. The fourth-order valence-electron chi connectivity index (χ4n) is 7.31. The smallest absolute Gasteiger partial charge is 0.408 e. The normalized spacial score (nSPS) is 11.3. The van der Waals surface area contributed by atoms with Crippen LogP contribution in [0.1, 0.15) is 15.9 Å². The molecule has 0 atom stereocenters. The summed E-state index contributed by atoms with van der Waals surface area (Å²) in [4.78, 5) is 14.9. The van der Waals surface area contributed by atoms with Gasteiger partial charge in [-0.1, -0.05) is 170 Å². The molecule has 7 nitrogen and oxygen atoms in total. The molecule has 0 N–H and O–H groups in total. The maximum atomic E-state index is 14.9. The summed E-state index contributed by atoms with van der Waals surface area (Å²) in [6, 6.07) is 69.4. The molecule has 10 aromatic carbocycles. The highest BCUT2D eigenvalue weighted by atomic mass is 31.2. The second-order valence-corrected chi connectivity index (χ2v) is 16.2. The highest BCUT2D eigenvalue weighted by Crippen LogP contribution is 2.49. The lowest BCUT2D eigenvalue weighted by molar-refractivity contribution is 0.103. The Bertz CT molecular complexity index is 2830. The lowest BCUT2D eigenvalue weighted by Crippen LogP contribution is -2.10. The monoisotopic (exact) mass is 846 g/mol. The fourth-order valence-corrected chi connectivity index (χ4v) is 9.45. The third-order valence-corrected chi connectivity index (χ3v) is 12.4. The van der Waals surface area contributed by atoms with Crippen molar-refractivity contribution in [3.63, 3.8) is 0 Å². The van der Waals surface area contributed by atoms with E-state index in [1.165, 1.54) is 0 Å². The first-order valence-corrected chi connectivity index (χ1v) is 22.2. The van der Waals surface area contributed by atoms with Crippen LogP contribution in [0.5, 0.6) is 34.5 Å². The first-order chi connectivity index (χ1) is 30.6. The summed E-state index contributed by atoms with van der Waals surface area (Å²) in [6.07, 6.45) is 0. The van der Waals surface area contributed by atoms with Crippen molar-refractivity contribution in [3.8, 4) is 34.5 Å². The Kier molecular flexibility index (Phi) is 11.0. The van der Waals surface area contributed by atoms with Crippen molar-refractivity contribution in [2.24, 2.45) is 0 Å². The Labute approximate surface area is 360 Å². The summed E-state index contributed by atoms with van der Waals surface area (Å²) in [5, 5.41) is 7.62. The van der Waals surface area contributed by atoms with Crippen molar-refractivity contribution in [1.82, 2.24) is 0 Å². The van der Waals surface area contributed by atoms with E-state index in [0.717, 1.165) is 43.1 Å². The molecule has 10 rings (SSSR count). The number of ketones is 1. The third kappa shape index (κ3) is 8.20. The van der Waals surface area contributed by atoms with Gasteiger partial charge in [-0.2, -0.15) is 0 Å². The van der Waals surface area contributed by atoms with Gasteiger partial charge in [0.25, 0.3) is 0 Å². The Balaban J connectivity index is 0.997. The van der Waals surface area contributed by atoms with Gasteiger partial charge < -0.3 is 27.1 Å². The van der Waals surface area contributed by atoms with E-state index in [4.69, 9.17) is 27.1 Å². The first kappa shape index (κ1) is 38.8. The van der Waals surface area contributed by atoms with Crippen LogP contribution in [-0.2, 0) is 0 Å². The quantitative estimate of drug-likeness (QED) is 0.0797. The molecule has 0 saturated heterocycles. The predicted molar refractivity (Wildman–Crippen MR) is 250 cm³/mol. The molecule has 0 fully saturated rings. The molecule has 0 aliphatic rings. The SMILES string of the molecule is O=C(c1ccccc1OP(Oc1cccc2ccccc12)Oc1cccc2ccccc12)c1ccccc1OP(Oc1cccc2ccccc12)Oc1cccc2ccccc12. The predicted octanol–water partition coefficient (Wildman–Crippen LogP) is 15.1. The van der Waals surface area contributed by atoms with E-state index >= 15 is 0 Å². The van der Waals surface area contributed by atoms with Gasteiger partial charge in [0.1, 0.15) is 34.5 Å². The van der Waals surface area contributed by atoms with E-state index in [0.29, 0.717) is 23.0 Å². The molecule has 0 bridgehead atoms. The second kappa shape index (κ2) is 17.7. The Morgan fingerprint density at radius 1 is 0.258 bits per heavy atom. The van der Waals surface area contributed by atoms with Gasteiger partial charge in [0.2, 0.25) is 5.78 Å². The van der Waals surface area contributed by atoms with Crippen molar-refractivity contribution in [2.75, 3.05) is 0 Å². The van der Waals surface area contributed by atoms with Crippen molar-refractivity contribution in [3.05, 3.63) is 230 Å². The molecule has 9 heteroatoms. The van der Waals surface area contributed by atoms with Crippen molar-refractivity contribution in [2.45, 2.75) is 0 Å². The minimum atomic E-state index is -2.17. The van der Waals surface area contributed by atoms with Gasteiger partial charge in [-0.3, -0.25) is 4.79 Å². The molecule has 0 unspecified atom stereocenters. The van der Waals surface area contributed by atoms with Crippen LogP contribution in [0, 0.1) is 0 Å². The average molecular weight is 847 g/mol. The van der Waals surface area contributed by atoms with Crippen LogP contribution in [0.15, 0.2) is 218 Å². The topological polar surface area (TPSA) is 72.5 Å². The van der Waals surface area contributed by atoms with Crippen LogP contribution >= 0.6 is 17.2 Å². The molecular formula is C53H36O7P2. The summed E-state index contributed by atoms with van der Waals surface area (Å²) in [5.74, 6) is 2.56. The van der Waals surface area contributed by atoms with Gasteiger partial charge in [0, 0.05) is 21.5 Å². The number of hydrogen-bond acceptors (Lipinski definition) is 7. The van der Waals surface area contributed by atoms with E-state index in [1.54, 1.807) is 36.4 Å². The standard InChI is InChI=1S/C53H36O7P2/c54-53(45-29-9-11-31-51(45)59-61(55-47-33-13-21-37-17-1-5-25-41(37)47)56-48-34-14-22-38-18-2-6-26-42(38)48)46-30-10-12-32-52(46)60-62(57-49-35-15-23-39-19-3-7-27-43(39)49)58-50-36-16-24-40-20-4-8-28-44(40)50/h1-36H. The van der Waals surface area contributed by atoms with Crippen molar-refractivity contribution in [1.29, 1.82) is 0 Å². The molecular weight excluding hydrogens is 811 g/mol. The zero-order valence-corrected chi connectivity index (χ0v) is 34.8. The van der Waals surface area contributed by atoms with E-state index in [9.17, 15) is 4.79 Å². The van der Waals surface area contributed by atoms with Gasteiger partial charge in [0.15, 0.2) is 0 Å². The molecule has 300 valence electrons. The number of para-hydroxylation sites is 2. The van der Waals surface area contributed by atoms with Gasteiger partial charge in [-0.15, -0.1) is 0 Å². The lowest BCUT2D eigenvalue weighted by Gasteiger charge is -2.22. The molecule has 0 aliphatic carbocycles. The number of hydrogen-bond donors (Lipinski definition) is 0. The van der Waals surface area contributed by atoms with E-state index in [1.807, 2.05) is 182 Å². The molecule has 0 aromatic heterocycles. The maximum Gasteiger partial charge on any atom is 0.530 e. The zero-order valence-electron chi connectivity index (χ0n) is 33.0. The van der Waals surface area contributed by atoms with Gasteiger partial charge in [0.05, 0.1) is 11.1 Å². The van der Waals surface area contributed by atoms with Gasteiger partial charge in [-0.05, 0) is 70.1 Å². The molecule has 10 aromatic rings. The Hall–Kier alpha value is -7.43. The van der Waals surface area contributed by atoms with Crippen LogP contribution < -0.4 is 27.1 Å². The van der Waals surface area contributed by atoms with E-state index < -0.39 is 17.2 Å². The molecule has 0 radical (unpaired) electrons. The number of fused-ring (bicyclic) bond motifs is 4. The molecule has 0 spiro atoms. The van der Waals surface area contributed by atoms with Crippen LogP contribution in [0.25, 0.3) is 43.1 Å². The summed E-state index contributed by atoms with van der Waals surface area (Å²) in [7, 11) is -4.35. The average Bonchev–Trinajstić information content (AvgIpc) is 3.32. The van der Waals surface area contributed by atoms with Gasteiger partial charge in [-0.25, -0.2) is 0 Å². The van der Waals surface area contributed by atoms with Crippen LogP contribution in [-0.4, -0.2) is 5.78 Å². The lowest BCUT2D eigenvalue weighted by atomic mass is 10.0. The number of rotatable bonds is 14. The van der Waals surface area contributed by atoms with Crippen molar-refractivity contribution >= 4 is 66.1 Å². The summed E-state index contributed by atoms with van der Waals surface area (Å²) in [6.45, 7) is 0. The largest absolute Gasteiger partial charge is 0.530 e. The number of benzene rings is 10. The van der Waals surface area contributed by atoms with E-state index in [-0.39, 0.29) is 28.4 Å². The van der Waals surface area contributed by atoms with Gasteiger partial charge >= 0.3 is 17.2 Å². The Morgan fingerprint density at radius 2 is 0.484 bits per heavy atom. The zero-order chi connectivity index (χ0) is 41.7. The highest BCUT2D eigenvalue weighted by Gasteiger charge is 2.29. The van der Waals surface area contributed by atoms with Crippen LogP contribution in [0.3, 0.4) is 0 Å². The number of carbonyl (C=O) groups is 1. The maximum absolute atomic E-state index is 14.9. The Morgan fingerprint density at radius 3 is 0.806 bits per heavy atom. The third-order valence-electron chi connectivity index (χ3n) is 10.3. The molecule has 0 saturated carbocycles. The number of carbonyl (C=O) groups excluding carboxylic acids is 1. The van der Waals surface area contributed by atoms with Crippen molar-refractivity contribution < 1.29 is 31.9 Å². The first-order valence-electron chi connectivity index (χ1n) is 20.0. The molecule has 0 amide bonds.